The van der Waals surface area contributed by atoms with Gasteiger partial charge in [0.15, 0.2) is 5.78 Å². The molecule has 0 saturated carbocycles. The average molecular weight is 543 g/mol. The van der Waals surface area contributed by atoms with Crippen molar-refractivity contribution in [2.45, 2.75) is 77.6 Å². The van der Waals surface area contributed by atoms with Crippen molar-refractivity contribution in [3.8, 4) is 0 Å². The number of nitrogens with zero attached hydrogens (tertiary/aromatic N) is 2. The van der Waals surface area contributed by atoms with Crippen LogP contribution in [0.4, 0.5) is 11.4 Å². The Labute approximate surface area is 234 Å². The fourth-order valence-electron chi connectivity index (χ4n) is 6.74. The van der Waals surface area contributed by atoms with E-state index in [0.717, 1.165) is 69.2 Å². The zero-order valence-corrected chi connectivity index (χ0v) is 24.2. The van der Waals surface area contributed by atoms with Gasteiger partial charge in [0.2, 0.25) is 0 Å². The zero-order valence-electron chi connectivity index (χ0n) is 24.2. The van der Waals surface area contributed by atoms with Gasteiger partial charge in [-0.3, -0.25) is 4.79 Å². The van der Waals surface area contributed by atoms with Crippen LogP contribution in [0.3, 0.4) is 0 Å². The lowest BCUT2D eigenvalue weighted by molar-refractivity contribution is 0.104. The van der Waals surface area contributed by atoms with Gasteiger partial charge in [0.1, 0.15) is 16.9 Å². The van der Waals surface area contributed by atoms with E-state index in [2.05, 4.69) is 43.6 Å². The van der Waals surface area contributed by atoms with E-state index in [-0.39, 0.29) is 22.0 Å². The molecule has 1 aromatic carbocycles. The van der Waals surface area contributed by atoms with E-state index in [1.54, 1.807) is 13.0 Å². The maximum Gasteiger partial charge on any atom is 0.349 e. The lowest BCUT2D eigenvalue weighted by atomic mass is 9.69. The standard InChI is InChI=1S/C33H38N2O5/c1-20-17-24(34-13-7-6-8-14-34)26(31(38)39-20)25(36)10-9-21-18-22-19-23-28-27(29(22)40-30(21)37)33(4,5)12-16-35(28)15-11-32(23,2)3/h9-10,17-19H,6-8,11-16H2,1-5H3/b10-9+. The number of benzene rings is 1. The number of allylic oxidation sites excluding steroid dienone is 1. The molecule has 0 unspecified atom stereocenters. The van der Waals surface area contributed by atoms with Crippen LogP contribution in [0, 0.1) is 6.92 Å². The molecule has 0 radical (unpaired) electrons. The van der Waals surface area contributed by atoms with Gasteiger partial charge in [-0.15, -0.1) is 0 Å². The van der Waals surface area contributed by atoms with Crippen molar-refractivity contribution in [1.29, 1.82) is 0 Å². The Bertz CT molecular complexity index is 1660. The Morgan fingerprint density at radius 1 is 0.850 bits per heavy atom. The average Bonchev–Trinajstić information content (AvgIpc) is 2.90. The summed E-state index contributed by atoms with van der Waals surface area (Å²) < 4.78 is 11.3. The molecule has 0 atom stereocenters. The van der Waals surface area contributed by atoms with Crippen molar-refractivity contribution in [1.82, 2.24) is 0 Å². The first-order valence-corrected chi connectivity index (χ1v) is 14.5. The smallest absolute Gasteiger partial charge is 0.349 e. The molecule has 2 aromatic heterocycles. The molecule has 0 bridgehead atoms. The van der Waals surface area contributed by atoms with Crippen LogP contribution in [0.1, 0.15) is 92.6 Å². The molecule has 40 heavy (non-hydrogen) atoms. The van der Waals surface area contributed by atoms with Crippen molar-refractivity contribution in [2.24, 2.45) is 0 Å². The maximum absolute atomic E-state index is 13.4. The van der Waals surface area contributed by atoms with E-state index in [1.807, 2.05) is 6.07 Å². The van der Waals surface area contributed by atoms with Gasteiger partial charge >= 0.3 is 11.3 Å². The molecule has 7 nitrogen and oxygen atoms in total. The van der Waals surface area contributed by atoms with Crippen LogP contribution in [0.5, 0.6) is 0 Å². The molecule has 0 N–H and O–H groups in total. The highest BCUT2D eigenvalue weighted by Gasteiger charge is 2.42. The number of anilines is 2. The topological polar surface area (TPSA) is 84.0 Å². The van der Waals surface area contributed by atoms with Gasteiger partial charge in [0, 0.05) is 48.9 Å². The summed E-state index contributed by atoms with van der Waals surface area (Å²) in [4.78, 5) is 44.0. The van der Waals surface area contributed by atoms with Gasteiger partial charge in [-0.25, -0.2) is 9.59 Å². The highest BCUT2D eigenvalue weighted by atomic mass is 16.4. The molecule has 1 fully saturated rings. The van der Waals surface area contributed by atoms with Crippen molar-refractivity contribution >= 4 is 34.2 Å². The van der Waals surface area contributed by atoms with Gasteiger partial charge in [-0.1, -0.05) is 27.7 Å². The Hall–Kier alpha value is -3.61. The summed E-state index contributed by atoms with van der Waals surface area (Å²) in [5, 5.41) is 0.856. The molecule has 7 heteroatoms. The van der Waals surface area contributed by atoms with Crippen LogP contribution in [-0.4, -0.2) is 32.0 Å². The molecule has 3 aromatic rings. The van der Waals surface area contributed by atoms with Gasteiger partial charge < -0.3 is 18.6 Å². The van der Waals surface area contributed by atoms with Gasteiger partial charge in [-0.2, -0.15) is 0 Å². The van der Waals surface area contributed by atoms with Gasteiger partial charge in [0.05, 0.1) is 11.3 Å². The van der Waals surface area contributed by atoms with Crippen LogP contribution < -0.4 is 21.1 Å². The highest BCUT2D eigenvalue weighted by molar-refractivity contribution is 6.10. The quantitative estimate of drug-likeness (QED) is 0.223. The second-order valence-electron chi connectivity index (χ2n) is 13.0. The first-order chi connectivity index (χ1) is 19.0. The van der Waals surface area contributed by atoms with Crippen molar-refractivity contribution < 1.29 is 13.6 Å². The number of fused-ring (bicyclic) bond motifs is 2. The molecular weight excluding hydrogens is 504 g/mol. The van der Waals surface area contributed by atoms with Crippen LogP contribution in [0.25, 0.3) is 17.0 Å². The SMILES string of the molecule is Cc1cc(N2CCCCC2)c(C(=O)/C=C/c2cc3cc4c5c(c3oc2=O)C(C)(C)CCN5CCC4(C)C)c(=O)o1. The Morgan fingerprint density at radius 2 is 1.55 bits per heavy atom. The molecule has 6 rings (SSSR count). The van der Waals surface area contributed by atoms with Crippen molar-refractivity contribution in [3.63, 3.8) is 0 Å². The maximum atomic E-state index is 13.4. The van der Waals surface area contributed by atoms with Crippen molar-refractivity contribution in [2.75, 3.05) is 36.0 Å². The lowest BCUT2D eigenvalue weighted by Crippen LogP contribution is -2.44. The summed E-state index contributed by atoms with van der Waals surface area (Å²) in [5.41, 5.74) is 3.83. The Balaban J connectivity index is 1.44. The number of hydrogen-bond donors (Lipinski definition) is 0. The second-order valence-corrected chi connectivity index (χ2v) is 13.0. The molecule has 5 heterocycles. The molecule has 0 aliphatic carbocycles. The summed E-state index contributed by atoms with van der Waals surface area (Å²) in [6.07, 6.45) is 7.97. The molecule has 1 saturated heterocycles. The predicted molar refractivity (Wildman–Crippen MR) is 159 cm³/mol. The number of rotatable bonds is 4. The van der Waals surface area contributed by atoms with E-state index in [0.29, 0.717) is 17.0 Å². The summed E-state index contributed by atoms with van der Waals surface area (Å²) in [5.74, 6) is -0.00903. The van der Waals surface area contributed by atoms with E-state index >= 15 is 0 Å². The number of aryl methyl sites for hydroxylation is 1. The molecule has 0 spiro atoms. The number of hydrogen-bond acceptors (Lipinski definition) is 7. The second kappa shape index (κ2) is 9.50. The third kappa shape index (κ3) is 4.40. The minimum atomic E-state index is -0.652. The van der Waals surface area contributed by atoms with E-state index in [9.17, 15) is 14.4 Å². The zero-order chi connectivity index (χ0) is 28.4. The summed E-state index contributed by atoms with van der Waals surface area (Å²) in [7, 11) is 0. The predicted octanol–water partition coefficient (Wildman–Crippen LogP) is 6.11. The first-order valence-electron chi connectivity index (χ1n) is 14.5. The first kappa shape index (κ1) is 26.6. The van der Waals surface area contributed by atoms with Crippen molar-refractivity contribution in [3.05, 3.63) is 73.1 Å². The Morgan fingerprint density at radius 3 is 2.27 bits per heavy atom. The van der Waals surface area contributed by atoms with Crippen LogP contribution in [0.15, 0.2) is 42.7 Å². The molecule has 3 aliphatic rings. The fraction of sp³-hybridized carbons (Fsp3) is 0.485. The van der Waals surface area contributed by atoms with E-state index < -0.39 is 17.0 Å². The molecule has 210 valence electrons. The summed E-state index contributed by atoms with van der Waals surface area (Å²) in [6.45, 7) is 14.3. The van der Waals surface area contributed by atoms with Crippen LogP contribution in [-0.2, 0) is 10.8 Å². The van der Waals surface area contributed by atoms with Crippen LogP contribution in [0.2, 0.25) is 0 Å². The minimum absolute atomic E-state index is 0.00534. The normalized spacial score (nSPS) is 19.7. The molecule has 0 amide bonds. The number of carbonyl (C=O) groups is 1. The third-order valence-corrected chi connectivity index (χ3v) is 9.17. The summed E-state index contributed by atoms with van der Waals surface area (Å²) in [6, 6.07) is 5.75. The van der Waals surface area contributed by atoms with Crippen LogP contribution >= 0.6 is 0 Å². The third-order valence-electron chi connectivity index (χ3n) is 9.17. The largest absolute Gasteiger partial charge is 0.428 e. The lowest BCUT2D eigenvalue weighted by Gasteiger charge is -2.48. The molecular formula is C33H38N2O5. The summed E-state index contributed by atoms with van der Waals surface area (Å²) >= 11 is 0. The monoisotopic (exact) mass is 542 g/mol. The molecule has 3 aliphatic heterocycles. The van der Waals surface area contributed by atoms with E-state index in [4.69, 9.17) is 8.83 Å². The fourth-order valence-corrected chi connectivity index (χ4v) is 6.74. The number of piperidine rings is 1. The van der Waals surface area contributed by atoms with Gasteiger partial charge in [0.25, 0.3) is 0 Å². The Kier molecular flexibility index (Phi) is 6.32. The number of ketones is 1. The highest BCUT2D eigenvalue weighted by Crippen LogP contribution is 2.51. The van der Waals surface area contributed by atoms with E-state index in [1.165, 1.54) is 23.4 Å². The minimum Gasteiger partial charge on any atom is -0.428 e. The number of carbonyl (C=O) groups excluding carboxylic acids is 1. The van der Waals surface area contributed by atoms with Gasteiger partial charge in [-0.05, 0) is 79.7 Å².